The number of nitrogens with zero attached hydrogens (tertiary/aromatic N) is 1. The van der Waals surface area contributed by atoms with Crippen LogP contribution < -0.4 is 10.6 Å². The number of hydrogen-bond acceptors (Lipinski definition) is 4. The van der Waals surface area contributed by atoms with Crippen LogP contribution in [-0.4, -0.2) is 10.9 Å². The maximum Gasteiger partial charge on any atom is 0.416 e. The Hall–Kier alpha value is -2.58. The molecule has 0 unspecified atom stereocenters. The third-order valence-corrected chi connectivity index (χ3v) is 4.71. The maximum atomic E-state index is 12.8. The number of thiazole rings is 1. The van der Waals surface area contributed by atoms with Crippen molar-refractivity contribution in [1.82, 2.24) is 4.98 Å². The smallest absolute Gasteiger partial charge is 0.379 e. The van der Waals surface area contributed by atoms with Crippen molar-refractivity contribution in [2.45, 2.75) is 12.7 Å². The number of aromatic nitrogens is 1. The van der Waals surface area contributed by atoms with Gasteiger partial charge in [0.25, 0.3) is 5.91 Å². The van der Waals surface area contributed by atoms with Crippen LogP contribution in [0.3, 0.4) is 0 Å². The average Bonchev–Trinajstić information content (AvgIpc) is 3.05. The highest BCUT2D eigenvalue weighted by molar-refractivity contribution is 7.15. The molecule has 0 aliphatic rings. The number of anilines is 2. The summed E-state index contributed by atoms with van der Waals surface area (Å²) in [4.78, 5) is 17.4. The second-order valence-electron chi connectivity index (χ2n) is 5.51. The zero-order chi connectivity index (χ0) is 19.4. The maximum absolute atomic E-state index is 12.8. The fourth-order valence-corrected chi connectivity index (χ4v) is 3.27. The molecule has 0 aliphatic heterocycles. The summed E-state index contributed by atoms with van der Waals surface area (Å²) < 4.78 is 38.9. The number of para-hydroxylation sites is 1. The first kappa shape index (κ1) is 19.2. The highest BCUT2D eigenvalue weighted by atomic mass is 35.5. The van der Waals surface area contributed by atoms with E-state index in [9.17, 15) is 18.0 Å². The van der Waals surface area contributed by atoms with Crippen molar-refractivity contribution >= 4 is 40.2 Å². The number of carbonyl (C=O) groups is 1. The lowest BCUT2D eigenvalue weighted by atomic mass is 10.1. The van der Waals surface area contributed by atoms with Gasteiger partial charge in [0, 0.05) is 22.4 Å². The summed E-state index contributed by atoms with van der Waals surface area (Å²) in [6, 6.07) is 11.2. The van der Waals surface area contributed by atoms with E-state index < -0.39 is 17.6 Å². The van der Waals surface area contributed by atoms with Gasteiger partial charge in [-0.1, -0.05) is 29.8 Å². The van der Waals surface area contributed by atoms with Crippen LogP contribution in [0.4, 0.5) is 24.5 Å². The molecule has 1 heterocycles. The standard InChI is InChI=1S/C18H13ClF3N3OS/c19-17-24-10-13(27-17)9-23-15-7-2-1-6-14(15)16(26)25-12-5-3-4-11(8-12)18(20,21)22/h1-8,10,23H,9H2,(H,25,26). The molecule has 0 bridgehead atoms. The van der Waals surface area contributed by atoms with E-state index in [4.69, 9.17) is 11.6 Å². The molecule has 0 spiro atoms. The van der Waals surface area contributed by atoms with Crippen LogP contribution in [0.1, 0.15) is 20.8 Å². The van der Waals surface area contributed by atoms with Crippen molar-refractivity contribution in [2.24, 2.45) is 0 Å². The zero-order valence-electron chi connectivity index (χ0n) is 13.7. The summed E-state index contributed by atoms with van der Waals surface area (Å²) in [5.41, 5.74) is 0.102. The van der Waals surface area contributed by atoms with Crippen LogP contribution in [-0.2, 0) is 12.7 Å². The van der Waals surface area contributed by atoms with Crippen molar-refractivity contribution in [3.05, 3.63) is 75.2 Å². The minimum atomic E-state index is -4.48. The fraction of sp³-hybridized carbons (Fsp3) is 0.111. The first-order valence-corrected chi connectivity index (χ1v) is 8.94. The van der Waals surface area contributed by atoms with Gasteiger partial charge < -0.3 is 10.6 Å². The predicted octanol–water partition coefficient (Wildman–Crippen LogP) is 5.68. The van der Waals surface area contributed by atoms with Gasteiger partial charge >= 0.3 is 6.18 Å². The van der Waals surface area contributed by atoms with Gasteiger partial charge in [-0.2, -0.15) is 13.2 Å². The van der Waals surface area contributed by atoms with Crippen molar-refractivity contribution in [3.63, 3.8) is 0 Å². The summed E-state index contributed by atoms with van der Waals surface area (Å²) >= 11 is 7.11. The highest BCUT2D eigenvalue weighted by Crippen LogP contribution is 2.31. The van der Waals surface area contributed by atoms with Gasteiger partial charge in [-0.3, -0.25) is 4.79 Å². The lowest BCUT2D eigenvalue weighted by Crippen LogP contribution is -2.15. The Morgan fingerprint density at radius 2 is 1.93 bits per heavy atom. The van der Waals surface area contributed by atoms with Gasteiger partial charge in [0.2, 0.25) is 0 Å². The molecule has 3 rings (SSSR count). The third kappa shape index (κ3) is 4.99. The molecule has 140 valence electrons. The van der Waals surface area contributed by atoms with Crippen molar-refractivity contribution in [3.8, 4) is 0 Å². The van der Waals surface area contributed by atoms with Crippen LogP contribution in [0.25, 0.3) is 0 Å². The molecule has 27 heavy (non-hydrogen) atoms. The Balaban J connectivity index is 1.75. The molecular weight excluding hydrogens is 399 g/mol. The normalized spacial score (nSPS) is 11.3. The number of amides is 1. The molecule has 9 heteroatoms. The van der Waals surface area contributed by atoms with Gasteiger partial charge in [-0.15, -0.1) is 11.3 Å². The van der Waals surface area contributed by atoms with E-state index in [0.29, 0.717) is 22.3 Å². The van der Waals surface area contributed by atoms with Gasteiger partial charge in [-0.25, -0.2) is 4.98 Å². The topological polar surface area (TPSA) is 54.0 Å². The summed E-state index contributed by atoms with van der Waals surface area (Å²) in [7, 11) is 0. The number of carbonyl (C=O) groups excluding carboxylic acids is 1. The second-order valence-corrected chi connectivity index (χ2v) is 7.21. The average molecular weight is 412 g/mol. The van der Waals surface area contributed by atoms with Crippen molar-refractivity contribution in [1.29, 1.82) is 0 Å². The lowest BCUT2D eigenvalue weighted by Gasteiger charge is -2.13. The van der Waals surface area contributed by atoms with E-state index in [1.807, 2.05) is 0 Å². The highest BCUT2D eigenvalue weighted by Gasteiger charge is 2.30. The summed E-state index contributed by atoms with van der Waals surface area (Å²) in [5, 5.41) is 5.62. The molecule has 0 aliphatic carbocycles. The minimum Gasteiger partial charge on any atom is -0.379 e. The van der Waals surface area contributed by atoms with E-state index in [1.54, 1.807) is 30.5 Å². The van der Waals surface area contributed by atoms with Gasteiger partial charge in [0.15, 0.2) is 4.47 Å². The Morgan fingerprint density at radius 3 is 2.63 bits per heavy atom. The van der Waals surface area contributed by atoms with Crippen molar-refractivity contribution in [2.75, 3.05) is 10.6 Å². The minimum absolute atomic E-state index is 0.0684. The second kappa shape index (κ2) is 7.98. The molecule has 2 N–H and O–H groups in total. The number of benzene rings is 2. The molecule has 0 saturated heterocycles. The number of nitrogens with one attached hydrogen (secondary N) is 2. The molecule has 2 aromatic carbocycles. The number of rotatable bonds is 5. The first-order valence-electron chi connectivity index (χ1n) is 7.74. The van der Waals surface area contributed by atoms with E-state index in [0.717, 1.165) is 17.0 Å². The lowest BCUT2D eigenvalue weighted by molar-refractivity contribution is -0.137. The fourth-order valence-electron chi connectivity index (χ4n) is 2.35. The predicted molar refractivity (Wildman–Crippen MR) is 100 cm³/mol. The molecule has 4 nitrogen and oxygen atoms in total. The largest absolute Gasteiger partial charge is 0.416 e. The molecule has 0 saturated carbocycles. The van der Waals surface area contributed by atoms with E-state index in [2.05, 4.69) is 15.6 Å². The van der Waals surface area contributed by atoms with Crippen LogP contribution in [0.2, 0.25) is 4.47 Å². The molecule has 0 radical (unpaired) electrons. The van der Waals surface area contributed by atoms with E-state index in [1.165, 1.54) is 23.5 Å². The van der Waals surface area contributed by atoms with Crippen LogP contribution in [0.15, 0.2) is 54.7 Å². The van der Waals surface area contributed by atoms with Crippen molar-refractivity contribution < 1.29 is 18.0 Å². The monoisotopic (exact) mass is 411 g/mol. The zero-order valence-corrected chi connectivity index (χ0v) is 15.3. The van der Waals surface area contributed by atoms with E-state index in [-0.39, 0.29) is 5.69 Å². The summed E-state index contributed by atoms with van der Waals surface area (Å²) in [5.74, 6) is -0.514. The van der Waals surface area contributed by atoms with Gasteiger partial charge in [0.1, 0.15) is 0 Å². The molecule has 1 amide bonds. The summed E-state index contributed by atoms with van der Waals surface area (Å²) in [6.07, 6.45) is -2.85. The molecule has 1 aromatic heterocycles. The van der Waals surface area contributed by atoms with Gasteiger partial charge in [-0.05, 0) is 30.3 Å². The Labute approximate surface area is 162 Å². The first-order chi connectivity index (χ1) is 12.8. The van der Waals surface area contributed by atoms with E-state index >= 15 is 0 Å². The SMILES string of the molecule is O=C(Nc1cccc(C(F)(F)F)c1)c1ccccc1NCc1cnc(Cl)s1. The molecule has 3 aromatic rings. The van der Waals surface area contributed by atoms with Crippen LogP contribution in [0.5, 0.6) is 0 Å². The molecule has 0 atom stereocenters. The quantitative estimate of drug-likeness (QED) is 0.568. The number of alkyl halides is 3. The van der Waals surface area contributed by atoms with Gasteiger partial charge in [0.05, 0.1) is 17.7 Å². The summed E-state index contributed by atoms with van der Waals surface area (Å²) in [6.45, 7) is 0.415. The third-order valence-electron chi connectivity index (χ3n) is 3.60. The molecule has 0 fully saturated rings. The Morgan fingerprint density at radius 1 is 1.15 bits per heavy atom. The Kier molecular flexibility index (Phi) is 5.67. The number of hydrogen-bond donors (Lipinski definition) is 2. The Bertz CT molecular complexity index is 959. The number of halogens is 4. The van der Waals surface area contributed by atoms with Crippen LogP contribution >= 0.6 is 22.9 Å². The van der Waals surface area contributed by atoms with Crippen LogP contribution in [0, 0.1) is 0 Å². The molecular formula is C18H13ClF3N3OS.